The summed E-state index contributed by atoms with van der Waals surface area (Å²) in [5.74, 6) is 1.48. The maximum atomic E-state index is 13.5. The van der Waals surface area contributed by atoms with Gasteiger partial charge in [0, 0.05) is 0 Å². The SMILES string of the molecule is Cc1cccc(C)c1-n1c(SCc2nnc(Cc3ccccc3)o2)nc2ccccc2c1=O. The zero-order valence-electron chi connectivity index (χ0n) is 18.4. The number of para-hydroxylation sites is 2. The largest absolute Gasteiger partial charge is 0.424 e. The molecule has 0 radical (unpaired) electrons. The first kappa shape index (κ1) is 21.2. The lowest BCUT2D eigenvalue weighted by atomic mass is 10.1. The molecule has 5 rings (SSSR count). The van der Waals surface area contributed by atoms with Crippen molar-refractivity contribution >= 4 is 22.7 Å². The molecule has 2 aromatic heterocycles. The van der Waals surface area contributed by atoms with Gasteiger partial charge < -0.3 is 4.42 Å². The van der Waals surface area contributed by atoms with E-state index >= 15 is 0 Å². The second-order valence-corrected chi connectivity index (χ2v) is 8.78. The quantitative estimate of drug-likeness (QED) is 0.257. The summed E-state index contributed by atoms with van der Waals surface area (Å²) >= 11 is 1.42. The number of rotatable bonds is 6. The van der Waals surface area contributed by atoms with Crippen molar-refractivity contribution in [3.8, 4) is 5.69 Å². The van der Waals surface area contributed by atoms with Crippen molar-refractivity contribution in [3.63, 3.8) is 0 Å². The predicted octanol–water partition coefficient (Wildman–Crippen LogP) is 5.27. The Labute approximate surface area is 195 Å². The highest BCUT2D eigenvalue weighted by Crippen LogP contribution is 2.27. The number of hydrogen-bond donors (Lipinski definition) is 0. The Balaban J connectivity index is 1.50. The number of benzene rings is 3. The van der Waals surface area contributed by atoms with Gasteiger partial charge in [0.2, 0.25) is 11.8 Å². The van der Waals surface area contributed by atoms with E-state index in [0.29, 0.717) is 40.0 Å². The van der Waals surface area contributed by atoms with Crippen LogP contribution in [0.5, 0.6) is 0 Å². The molecule has 0 aliphatic rings. The molecule has 0 amide bonds. The average molecular weight is 455 g/mol. The normalized spacial score (nSPS) is 11.2. The van der Waals surface area contributed by atoms with Gasteiger partial charge >= 0.3 is 0 Å². The molecule has 0 unspecified atom stereocenters. The van der Waals surface area contributed by atoms with Crippen LogP contribution in [0.2, 0.25) is 0 Å². The number of fused-ring (bicyclic) bond motifs is 1. The lowest BCUT2D eigenvalue weighted by Gasteiger charge is -2.16. The first-order valence-corrected chi connectivity index (χ1v) is 11.6. The van der Waals surface area contributed by atoms with Crippen LogP contribution in [0.25, 0.3) is 16.6 Å². The lowest BCUT2D eigenvalue weighted by Crippen LogP contribution is -2.23. The fraction of sp³-hybridized carbons (Fsp3) is 0.154. The Morgan fingerprint density at radius 2 is 1.55 bits per heavy atom. The Kier molecular flexibility index (Phi) is 5.79. The van der Waals surface area contributed by atoms with Gasteiger partial charge in [-0.2, -0.15) is 0 Å². The van der Waals surface area contributed by atoms with E-state index in [1.165, 1.54) is 11.8 Å². The summed E-state index contributed by atoms with van der Waals surface area (Å²) in [6, 6.07) is 23.4. The number of aryl methyl sites for hydroxylation is 2. The maximum Gasteiger partial charge on any atom is 0.266 e. The summed E-state index contributed by atoms with van der Waals surface area (Å²) in [5.41, 5.74) is 4.58. The molecule has 164 valence electrons. The fourth-order valence-corrected chi connectivity index (χ4v) is 4.72. The van der Waals surface area contributed by atoms with Crippen molar-refractivity contribution in [2.75, 3.05) is 0 Å². The minimum absolute atomic E-state index is 0.0872. The van der Waals surface area contributed by atoms with Crippen LogP contribution in [-0.4, -0.2) is 19.7 Å². The summed E-state index contributed by atoms with van der Waals surface area (Å²) in [6.07, 6.45) is 0.583. The van der Waals surface area contributed by atoms with E-state index in [1.807, 2.05) is 86.6 Å². The fourth-order valence-electron chi connectivity index (χ4n) is 3.88. The maximum absolute atomic E-state index is 13.5. The lowest BCUT2D eigenvalue weighted by molar-refractivity contribution is 0.474. The molecule has 0 saturated heterocycles. The molecule has 0 aliphatic heterocycles. The van der Waals surface area contributed by atoms with Crippen LogP contribution in [0.4, 0.5) is 0 Å². The van der Waals surface area contributed by atoms with Crippen LogP contribution < -0.4 is 5.56 Å². The molecule has 6 nitrogen and oxygen atoms in total. The molecule has 0 N–H and O–H groups in total. The van der Waals surface area contributed by atoms with Gasteiger partial charge in [0.25, 0.3) is 5.56 Å². The third-order valence-corrected chi connectivity index (χ3v) is 6.36. The number of hydrogen-bond acceptors (Lipinski definition) is 6. The van der Waals surface area contributed by atoms with E-state index in [2.05, 4.69) is 10.2 Å². The highest BCUT2D eigenvalue weighted by Gasteiger charge is 2.17. The van der Waals surface area contributed by atoms with Gasteiger partial charge in [0.15, 0.2) is 5.16 Å². The molecular formula is C26H22N4O2S. The Morgan fingerprint density at radius 1 is 0.848 bits per heavy atom. The zero-order valence-corrected chi connectivity index (χ0v) is 19.2. The van der Waals surface area contributed by atoms with Crippen molar-refractivity contribution in [2.45, 2.75) is 31.2 Å². The van der Waals surface area contributed by atoms with Crippen molar-refractivity contribution in [1.29, 1.82) is 0 Å². The van der Waals surface area contributed by atoms with Crippen LogP contribution in [-0.2, 0) is 12.2 Å². The Bertz CT molecular complexity index is 1470. The third kappa shape index (κ3) is 4.32. The second kappa shape index (κ2) is 9.03. The summed E-state index contributed by atoms with van der Waals surface area (Å²) in [5, 5.41) is 9.56. The van der Waals surface area contributed by atoms with E-state index in [9.17, 15) is 4.79 Å². The van der Waals surface area contributed by atoms with Crippen molar-refractivity contribution in [3.05, 3.63) is 112 Å². The van der Waals surface area contributed by atoms with Gasteiger partial charge in [-0.1, -0.05) is 72.4 Å². The van der Waals surface area contributed by atoms with Gasteiger partial charge in [0.05, 0.1) is 28.8 Å². The Morgan fingerprint density at radius 3 is 2.33 bits per heavy atom. The highest BCUT2D eigenvalue weighted by atomic mass is 32.2. The monoisotopic (exact) mass is 454 g/mol. The number of aromatic nitrogens is 4. The van der Waals surface area contributed by atoms with E-state index < -0.39 is 0 Å². The van der Waals surface area contributed by atoms with E-state index in [1.54, 1.807) is 4.57 Å². The summed E-state index contributed by atoms with van der Waals surface area (Å²) in [7, 11) is 0. The van der Waals surface area contributed by atoms with Gasteiger partial charge in [0.1, 0.15) is 0 Å². The van der Waals surface area contributed by atoms with Gasteiger partial charge in [-0.3, -0.25) is 9.36 Å². The van der Waals surface area contributed by atoms with Gasteiger partial charge in [-0.15, -0.1) is 10.2 Å². The van der Waals surface area contributed by atoms with Crippen molar-refractivity contribution in [2.24, 2.45) is 0 Å². The molecular weight excluding hydrogens is 432 g/mol. The first-order chi connectivity index (χ1) is 16.1. The van der Waals surface area contributed by atoms with Crippen molar-refractivity contribution < 1.29 is 4.42 Å². The molecule has 0 saturated carbocycles. The van der Waals surface area contributed by atoms with Crippen LogP contribution >= 0.6 is 11.8 Å². The van der Waals surface area contributed by atoms with Crippen LogP contribution in [0.15, 0.2) is 87.2 Å². The zero-order chi connectivity index (χ0) is 22.8. The smallest absolute Gasteiger partial charge is 0.266 e. The molecule has 3 aromatic carbocycles. The minimum Gasteiger partial charge on any atom is -0.424 e. The first-order valence-electron chi connectivity index (χ1n) is 10.7. The molecule has 33 heavy (non-hydrogen) atoms. The second-order valence-electron chi connectivity index (χ2n) is 7.83. The molecule has 0 bridgehead atoms. The van der Waals surface area contributed by atoms with Gasteiger partial charge in [-0.05, 0) is 42.7 Å². The molecule has 7 heteroatoms. The number of thioether (sulfide) groups is 1. The van der Waals surface area contributed by atoms with Crippen molar-refractivity contribution in [1.82, 2.24) is 19.7 Å². The predicted molar refractivity (Wildman–Crippen MR) is 130 cm³/mol. The standard InChI is InChI=1S/C26H22N4O2S/c1-17-9-8-10-18(2)24(17)30-25(31)20-13-6-7-14-21(20)27-26(30)33-16-23-29-28-22(32-23)15-19-11-4-3-5-12-19/h3-14H,15-16H2,1-2H3. The molecule has 0 fully saturated rings. The average Bonchev–Trinajstić information content (AvgIpc) is 3.27. The summed E-state index contributed by atoms with van der Waals surface area (Å²) in [6.45, 7) is 4.01. The molecule has 0 aliphatic carbocycles. The van der Waals surface area contributed by atoms with Gasteiger partial charge in [-0.25, -0.2) is 4.98 Å². The molecule has 2 heterocycles. The Hall–Kier alpha value is -3.71. The number of nitrogens with zero attached hydrogens (tertiary/aromatic N) is 4. The summed E-state index contributed by atoms with van der Waals surface area (Å²) < 4.78 is 7.57. The third-order valence-electron chi connectivity index (χ3n) is 5.44. The molecule has 5 aromatic rings. The van der Waals surface area contributed by atoms with E-state index in [-0.39, 0.29) is 5.56 Å². The summed E-state index contributed by atoms with van der Waals surface area (Å²) in [4.78, 5) is 18.4. The minimum atomic E-state index is -0.0872. The molecule has 0 spiro atoms. The topological polar surface area (TPSA) is 73.8 Å². The van der Waals surface area contributed by atoms with E-state index in [0.717, 1.165) is 22.4 Å². The highest BCUT2D eigenvalue weighted by molar-refractivity contribution is 7.98. The van der Waals surface area contributed by atoms with Crippen LogP contribution in [0.1, 0.15) is 28.5 Å². The van der Waals surface area contributed by atoms with Crippen LogP contribution in [0, 0.1) is 13.8 Å². The molecule has 0 atom stereocenters. The van der Waals surface area contributed by atoms with E-state index in [4.69, 9.17) is 9.40 Å². The van der Waals surface area contributed by atoms with Crippen LogP contribution in [0.3, 0.4) is 0 Å².